The van der Waals surface area contributed by atoms with E-state index in [4.69, 9.17) is 0 Å². The molecular weight excluding hydrogens is 329 g/mol. The van der Waals surface area contributed by atoms with Crippen LogP contribution in [0.2, 0.25) is 0 Å². The van der Waals surface area contributed by atoms with Crippen LogP contribution in [0.25, 0.3) is 10.1 Å². The van der Waals surface area contributed by atoms with E-state index in [1.54, 1.807) is 12.1 Å². The standard InChI is InChI=1S/C18H20FNO3S/c19-14-2-1-3-15-16(14)13(17(24-15)18(22)23)9-20-7-10-4-5-12(21)6-11(10)8-20/h1-3,10-12,21H,4-9H2,(H,22,23)/t10-,11+,12-/m1/s1. The first kappa shape index (κ1) is 16.0. The van der Waals surface area contributed by atoms with Crippen LogP contribution in [0.4, 0.5) is 4.39 Å². The molecule has 2 aliphatic rings. The number of benzene rings is 1. The number of halogens is 1. The minimum Gasteiger partial charge on any atom is -0.477 e. The average molecular weight is 349 g/mol. The quantitative estimate of drug-likeness (QED) is 0.892. The molecule has 0 radical (unpaired) electrons. The molecule has 1 aliphatic heterocycles. The number of rotatable bonds is 3. The second kappa shape index (κ2) is 6.10. The van der Waals surface area contributed by atoms with E-state index >= 15 is 0 Å². The van der Waals surface area contributed by atoms with Crippen molar-refractivity contribution in [1.29, 1.82) is 0 Å². The van der Waals surface area contributed by atoms with Gasteiger partial charge in [0.25, 0.3) is 0 Å². The first-order valence-electron chi connectivity index (χ1n) is 8.36. The summed E-state index contributed by atoms with van der Waals surface area (Å²) in [5.74, 6) is -0.302. The smallest absolute Gasteiger partial charge is 0.346 e. The summed E-state index contributed by atoms with van der Waals surface area (Å²) in [6.07, 6.45) is 2.49. The second-order valence-electron chi connectivity index (χ2n) is 7.01. The number of thiophene rings is 1. The topological polar surface area (TPSA) is 60.8 Å². The van der Waals surface area contributed by atoms with E-state index in [0.29, 0.717) is 34.0 Å². The van der Waals surface area contributed by atoms with E-state index < -0.39 is 5.97 Å². The lowest BCUT2D eigenvalue weighted by Crippen LogP contribution is -2.26. The van der Waals surface area contributed by atoms with Gasteiger partial charge in [-0.3, -0.25) is 4.90 Å². The molecule has 1 saturated heterocycles. The fraction of sp³-hybridized carbons (Fsp3) is 0.500. The maximum atomic E-state index is 14.3. The fourth-order valence-corrected chi connectivity index (χ4v) is 5.41. The maximum Gasteiger partial charge on any atom is 0.346 e. The summed E-state index contributed by atoms with van der Waals surface area (Å²) in [5, 5.41) is 19.8. The van der Waals surface area contributed by atoms with Crippen molar-refractivity contribution in [1.82, 2.24) is 4.90 Å². The van der Waals surface area contributed by atoms with Crippen LogP contribution < -0.4 is 0 Å². The van der Waals surface area contributed by atoms with Gasteiger partial charge in [-0.05, 0) is 43.2 Å². The molecule has 2 fully saturated rings. The first-order chi connectivity index (χ1) is 11.5. The lowest BCUT2D eigenvalue weighted by molar-refractivity contribution is 0.0700. The third kappa shape index (κ3) is 2.72. The number of likely N-dealkylation sites (tertiary alicyclic amines) is 1. The predicted octanol–water partition coefficient (Wildman–Crippen LogP) is 3.33. The highest BCUT2D eigenvalue weighted by atomic mass is 32.1. The van der Waals surface area contributed by atoms with Crippen molar-refractivity contribution >= 4 is 27.4 Å². The van der Waals surface area contributed by atoms with Gasteiger partial charge in [0.05, 0.1) is 6.10 Å². The van der Waals surface area contributed by atoms with Crippen molar-refractivity contribution in [2.75, 3.05) is 13.1 Å². The number of aromatic carboxylic acids is 1. The number of aliphatic hydroxyl groups excluding tert-OH is 1. The van der Waals surface area contributed by atoms with Crippen LogP contribution in [-0.4, -0.2) is 40.3 Å². The SMILES string of the molecule is O=C(O)c1sc2cccc(F)c2c1CN1C[C@H]2CC[C@@H](O)C[C@H]2C1. The molecule has 24 heavy (non-hydrogen) atoms. The minimum atomic E-state index is -0.988. The lowest BCUT2D eigenvalue weighted by atomic mass is 9.80. The Kier molecular flexibility index (Phi) is 4.06. The normalized spacial score (nSPS) is 27.5. The summed E-state index contributed by atoms with van der Waals surface area (Å²) in [5.41, 5.74) is 0.597. The number of carboxylic acids is 1. The van der Waals surface area contributed by atoms with Crippen LogP contribution in [0.15, 0.2) is 18.2 Å². The molecule has 2 N–H and O–H groups in total. The Morgan fingerprint density at radius 1 is 1.29 bits per heavy atom. The zero-order valence-electron chi connectivity index (χ0n) is 13.2. The largest absolute Gasteiger partial charge is 0.477 e. The van der Waals surface area contributed by atoms with Gasteiger partial charge in [0.1, 0.15) is 10.7 Å². The Hall–Kier alpha value is -1.50. The molecule has 4 nitrogen and oxygen atoms in total. The van der Waals surface area contributed by atoms with Gasteiger partial charge in [-0.15, -0.1) is 11.3 Å². The molecule has 128 valence electrons. The van der Waals surface area contributed by atoms with E-state index in [2.05, 4.69) is 4.90 Å². The number of fused-ring (bicyclic) bond motifs is 2. The van der Waals surface area contributed by atoms with Crippen molar-refractivity contribution in [3.63, 3.8) is 0 Å². The van der Waals surface area contributed by atoms with E-state index in [1.807, 2.05) is 0 Å². The summed E-state index contributed by atoms with van der Waals surface area (Å²) >= 11 is 1.15. The molecule has 0 unspecified atom stereocenters. The molecule has 1 aliphatic carbocycles. The third-order valence-corrected chi connectivity index (χ3v) is 6.62. The van der Waals surface area contributed by atoms with Crippen LogP contribution in [0.3, 0.4) is 0 Å². The summed E-state index contributed by atoms with van der Waals surface area (Å²) < 4.78 is 15.0. The lowest BCUT2D eigenvalue weighted by Gasteiger charge is -2.27. The molecule has 4 rings (SSSR count). The van der Waals surface area contributed by atoms with Crippen molar-refractivity contribution in [3.05, 3.63) is 34.5 Å². The van der Waals surface area contributed by atoms with Crippen LogP contribution in [0, 0.1) is 17.7 Å². The molecule has 0 bridgehead atoms. The molecule has 1 aromatic heterocycles. The maximum absolute atomic E-state index is 14.3. The second-order valence-corrected chi connectivity index (χ2v) is 8.06. The van der Waals surface area contributed by atoms with Gasteiger partial charge in [0, 0.05) is 35.3 Å². The molecular formula is C18H20FNO3S. The van der Waals surface area contributed by atoms with Gasteiger partial charge in [0.2, 0.25) is 0 Å². The Labute approximate surface area is 143 Å². The molecule has 3 atom stereocenters. The van der Waals surface area contributed by atoms with E-state index in [9.17, 15) is 19.4 Å². The summed E-state index contributed by atoms with van der Waals surface area (Å²) in [6.45, 7) is 2.22. The highest BCUT2D eigenvalue weighted by molar-refractivity contribution is 7.21. The molecule has 1 saturated carbocycles. The van der Waals surface area contributed by atoms with Crippen molar-refractivity contribution in [3.8, 4) is 0 Å². The molecule has 2 aromatic rings. The Morgan fingerprint density at radius 3 is 2.88 bits per heavy atom. The molecule has 0 spiro atoms. The molecule has 2 heterocycles. The van der Waals surface area contributed by atoms with Crippen LogP contribution in [-0.2, 0) is 6.54 Å². The van der Waals surface area contributed by atoms with Gasteiger partial charge in [0.15, 0.2) is 0 Å². The van der Waals surface area contributed by atoms with E-state index in [-0.39, 0.29) is 16.8 Å². The van der Waals surface area contributed by atoms with Gasteiger partial charge in [-0.25, -0.2) is 9.18 Å². The zero-order valence-corrected chi connectivity index (χ0v) is 14.1. The first-order valence-corrected chi connectivity index (χ1v) is 9.18. The zero-order chi connectivity index (χ0) is 16.8. The van der Waals surface area contributed by atoms with Crippen LogP contribution in [0.5, 0.6) is 0 Å². The summed E-state index contributed by atoms with van der Waals surface area (Å²) in [7, 11) is 0. The molecule has 0 amide bonds. The number of hydrogen-bond donors (Lipinski definition) is 2. The van der Waals surface area contributed by atoms with Crippen LogP contribution >= 0.6 is 11.3 Å². The number of hydrogen-bond acceptors (Lipinski definition) is 4. The Morgan fingerprint density at radius 2 is 2.08 bits per heavy atom. The van der Waals surface area contributed by atoms with Crippen LogP contribution in [0.1, 0.15) is 34.5 Å². The number of carbonyl (C=O) groups is 1. The van der Waals surface area contributed by atoms with E-state index in [0.717, 1.165) is 43.7 Å². The van der Waals surface area contributed by atoms with Gasteiger partial charge >= 0.3 is 5.97 Å². The Balaban J connectivity index is 1.65. The molecule has 6 heteroatoms. The highest BCUT2D eigenvalue weighted by Gasteiger charge is 2.37. The van der Waals surface area contributed by atoms with Gasteiger partial charge in [-0.2, -0.15) is 0 Å². The average Bonchev–Trinajstić information content (AvgIpc) is 3.09. The van der Waals surface area contributed by atoms with Gasteiger partial charge < -0.3 is 10.2 Å². The monoisotopic (exact) mass is 349 g/mol. The minimum absolute atomic E-state index is 0.208. The van der Waals surface area contributed by atoms with Crippen molar-refractivity contribution < 1.29 is 19.4 Å². The number of carboxylic acid groups (broad SMARTS) is 1. The van der Waals surface area contributed by atoms with Crippen molar-refractivity contribution in [2.45, 2.75) is 31.9 Å². The number of aliphatic hydroxyl groups is 1. The van der Waals surface area contributed by atoms with E-state index in [1.165, 1.54) is 6.07 Å². The summed E-state index contributed by atoms with van der Waals surface area (Å²) in [4.78, 5) is 14.1. The molecule has 1 aromatic carbocycles. The summed E-state index contributed by atoms with van der Waals surface area (Å²) in [6, 6.07) is 4.79. The Bertz CT molecular complexity index is 790. The number of nitrogens with zero attached hydrogens (tertiary/aromatic N) is 1. The predicted molar refractivity (Wildman–Crippen MR) is 90.9 cm³/mol. The van der Waals surface area contributed by atoms with Gasteiger partial charge in [-0.1, -0.05) is 6.07 Å². The fourth-order valence-electron chi connectivity index (χ4n) is 4.35. The highest BCUT2D eigenvalue weighted by Crippen LogP contribution is 2.39. The third-order valence-electron chi connectivity index (χ3n) is 5.44. The van der Waals surface area contributed by atoms with Crippen molar-refractivity contribution in [2.24, 2.45) is 11.8 Å².